The van der Waals surface area contributed by atoms with Crippen LogP contribution in [0, 0.1) is 42.4 Å². The number of amides is 2. The second kappa shape index (κ2) is 38.6. The number of carboxylic acid groups (broad SMARTS) is 1. The molecule has 0 radical (unpaired) electrons. The van der Waals surface area contributed by atoms with Gasteiger partial charge in [-0.1, -0.05) is 115 Å². The van der Waals surface area contributed by atoms with Crippen LogP contribution in [0.2, 0.25) is 0 Å². The summed E-state index contributed by atoms with van der Waals surface area (Å²) < 4.78 is 69.9. The molecule has 1 aromatic carbocycles. The highest BCUT2D eigenvalue weighted by molar-refractivity contribution is 7.91. The molecule has 23 heteroatoms. The van der Waals surface area contributed by atoms with Gasteiger partial charge >= 0.3 is 30.1 Å². The predicted molar refractivity (Wildman–Crippen MR) is 368 cm³/mol. The van der Waals surface area contributed by atoms with Crippen LogP contribution < -0.4 is 10.6 Å². The molecule has 0 saturated heterocycles. The smallest absolute Gasteiger partial charge is 0.471 e. The van der Waals surface area contributed by atoms with E-state index in [9.17, 15) is 45.6 Å². The fraction of sp³-hybridized carbons (Fsp3) is 0.270. The van der Waals surface area contributed by atoms with E-state index in [0.717, 1.165) is 64.5 Å². The molecule has 7 aromatic rings. The number of ether oxygens (including phenoxy) is 2. The van der Waals surface area contributed by atoms with Crippen molar-refractivity contribution in [3.05, 3.63) is 247 Å². The number of aryl methyl sites for hydroxylation is 1. The van der Waals surface area contributed by atoms with Crippen molar-refractivity contribution in [1.29, 1.82) is 0 Å². The van der Waals surface area contributed by atoms with E-state index < -0.39 is 39.5 Å². The van der Waals surface area contributed by atoms with Gasteiger partial charge in [0, 0.05) is 92.7 Å². The molecule has 6 heterocycles. The number of aromatic nitrogens is 6. The van der Waals surface area contributed by atoms with E-state index >= 15 is 0 Å². The molecule has 19 nitrogen and oxygen atoms in total. The van der Waals surface area contributed by atoms with E-state index in [-0.39, 0.29) is 47.7 Å². The van der Waals surface area contributed by atoms with E-state index in [1.165, 1.54) is 19.4 Å². The number of nitrogens with zero attached hydrogens (tertiary/aromatic N) is 7. The van der Waals surface area contributed by atoms with Crippen LogP contribution in [0.25, 0.3) is 36.5 Å². The fourth-order valence-electron chi connectivity index (χ4n) is 8.57. The van der Waals surface area contributed by atoms with Crippen LogP contribution in [-0.4, -0.2) is 117 Å². The van der Waals surface area contributed by atoms with Gasteiger partial charge in [-0.25, -0.2) is 13.2 Å². The van der Waals surface area contributed by atoms with Crippen molar-refractivity contribution in [3.8, 4) is 0 Å². The molecule has 8 unspecified atom stereocenters. The van der Waals surface area contributed by atoms with Crippen LogP contribution in [0.15, 0.2) is 218 Å². The molecule has 4 aliphatic carbocycles. The zero-order chi connectivity index (χ0) is 70.1. The molecule has 2 amide bonds. The number of aliphatic imine (C=N–C) groups is 1. The van der Waals surface area contributed by atoms with Crippen molar-refractivity contribution >= 4 is 82.7 Å². The molecule has 11 rings (SSSR count). The molecule has 4 saturated carbocycles. The molecule has 4 fully saturated rings. The zero-order valence-electron chi connectivity index (χ0n) is 54.2. The maximum Gasteiger partial charge on any atom is 0.471 e. The third kappa shape index (κ3) is 30.5. The minimum atomic E-state index is -4.81. The highest BCUT2D eigenvalue weighted by Crippen LogP contribution is 2.41. The first-order valence-electron chi connectivity index (χ1n) is 30.9. The molecular formula is C74H78F3N9O10S. The Balaban J connectivity index is 0.000000186. The lowest BCUT2D eigenvalue weighted by molar-refractivity contribution is -0.173. The van der Waals surface area contributed by atoms with E-state index in [1.807, 2.05) is 136 Å². The lowest BCUT2D eigenvalue weighted by atomic mass is 10.2. The van der Waals surface area contributed by atoms with Crippen LogP contribution in [-0.2, 0) is 38.5 Å². The quantitative estimate of drug-likeness (QED) is 0.0294. The summed E-state index contributed by atoms with van der Waals surface area (Å²) in [4.78, 5) is 81.8. The van der Waals surface area contributed by atoms with E-state index in [4.69, 9.17) is 9.84 Å². The monoisotopic (exact) mass is 1340 g/mol. The van der Waals surface area contributed by atoms with Crippen molar-refractivity contribution in [2.24, 2.45) is 40.5 Å². The number of pyridine rings is 6. The van der Waals surface area contributed by atoms with Gasteiger partial charge in [-0.05, 0) is 171 Å². The zero-order valence-corrected chi connectivity index (χ0v) is 55.0. The number of halogens is 3. The Morgan fingerprint density at radius 1 is 0.557 bits per heavy atom. The number of aldehydes is 1. The summed E-state index contributed by atoms with van der Waals surface area (Å²) in [6.45, 7) is 7.50. The number of nitrogens with one attached hydrogen (secondary N) is 2. The van der Waals surface area contributed by atoms with Gasteiger partial charge in [-0.15, -0.1) is 0 Å². The van der Waals surface area contributed by atoms with Gasteiger partial charge in [-0.3, -0.25) is 54.1 Å². The molecule has 6 aromatic heterocycles. The normalized spacial score (nSPS) is 19.7. The van der Waals surface area contributed by atoms with Gasteiger partial charge < -0.3 is 25.2 Å². The summed E-state index contributed by atoms with van der Waals surface area (Å²) in [5.74, 6) is -2.08. The molecular weight excluding hydrogens is 1260 g/mol. The number of alkyl carbamates (subject to hydrolysis) is 1. The number of sulfone groups is 1. The topological polar surface area (TPSA) is 272 Å². The second-order valence-corrected chi connectivity index (χ2v) is 25.4. The highest BCUT2D eigenvalue weighted by atomic mass is 32.2. The van der Waals surface area contributed by atoms with Crippen molar-refractivity contribution in [2.45, 2.75) is 82.1 Å². The first-order chi connectivity index (χ1) is 46.5. The maximum absolute atomic E-state index is 12.0. The number of carboxylic acids is 1. The Morgan fingerprint density at radius 3 is 1.30 bits per heavy atom. The van der Waals surface area contributed by atoms with Crippen LogP contribution in [0.1, 0.15) is 85.4 Å². The summed E-state index contributed by atoms with van der Waals surface area (Å²) in [7, 11) is -1.93. The summed E-state index contributed by atoms with van der Waals surface area (Å²) in [6.07, 6.45) is 43.3. The fourth-order valence-corrected chi connectivity index (χ4v) is 9.55. The standard InChI is InChI=1S/C16H16N2O2S.C15H20N2O2.C12H11F3N2O.C12H13NO2.C11H11NO2.C8H7NO/c1-14-6-8-16(9-7-14)21(19,20)13-18-11-3-5-15-4-2-10-17-12-15;1-15(2,3)19-14(18)17-13-9-12(13)7-6-11-5-4-8-16-10-11;13-12(14,15)11(18)17-10-6-9(10)4-3-8-2-1-5-16-7-8;1-15-12(14)11-7-10(11)5-4-9-3-2-6-13-8-9;13-11(14)10-6-9(10)4-3-8-2-1-5-12-7-8;10-6-2-4-8-3-1-5-9-7-8/h2-12H,13H2,1H3;4-8,10,12-13H,9H2,1-3H3,(H,17,18);1-5,7,9-10H,6H2,(H,17,18);2-6,8,10-11H,7H2,1H3;1-5,7,9-10H,6H2,(H,13,14);1-7H/b5-3+,18-11?;7-6+;4-3+;5-4+;4-3+;4-2+. The average Bonchev–Trinajstić information content (AvgIpc) is 1.77. The Morgan fingerprint density at radius 2 is 0.938 bits per heavy atom. The van der Waals surface area contributed by atoms with Gasteiger partial charge in [0.1, 0.15) is 17.8 Å². The van der Waals surface area contributed by atoms with Crippen molar-refractivity contribution in [1.82, 2.24) is 40.5 Å². The van der Waals surface area contributed by atoms with Gasteiger partial charge in [0.05, 0.1) is 23.8 Å². The Labute approximate surface area is 563 Å². The first kappa shape index (κ1) is 75.3. The Bertz CT molecular complexity index is 3920. The summed E-state index contributed by atoms with van der Waals surface area (Å²) >= 11 is 0. The van der Waals surface area contributed by atoms with E-state index in [0.29, 0.717) is 23.2 Å². The van der Waals surface area contributed by atoms with E-state index in [1.54, 1.807) is 123 Å². The molecule has 0 aliphatic heterocycles. The number of hydrogen-bond donors (Lipinski definition) is 3. The number of alkyl halides is 3. The number of carbonyl (C=O) groups is 5. The van der Waals surface area contributed by atoms with Crippen LogP contribution in [0.4, 0.5) is 18.0 Å². The third-order valence-corrected chi connectivity index (χ3v) is 15.7. The van der Waals surface area contributed by atoms with Crippen molar-refractivity contribution < 1.29 is 60.1 Å². The number of rotatable bonds is 19. The van der Waals surface area contributed by atoms with Crippen LogP contribution in [0.3, 0.4) is 0 Å². The Hall–Kier alpha value is -10.7. The molecule has 3 N–H and O–H groups in total. The molecule has 4 aliphatic rings. The average molecular weight is 1340 g/mol. The summed E-state index contributed by atoms with van der Waals surface area (Å²) in [6, 6.07) is 29.2. The summed E-state index contributed by atoms with van der Waals surface area (Å²) in [5.41, 5.74) is 6.49. The molecule has 0 bridgehead atoms. The number of aliphatic carboxylic acids is 1. The van der Waals surface area contributed by atoms with Crippen molar-refractivity contribution in [2.75, 3.05) is 13.0 Å². The first-order valence-corrected chi connectivity index (χ1v) is 32.5. The number of esters is 1. The molecule has 8 atom stereocenters. The van der Waals surface area contributed by atoms with Crippen LogP contribution >= 0.6 is 0 Å². The van der Waals surface area contributed by atoms with Crippen LogP contribution in [0.5, 0.6) is 0 Å². The number of benzene rings is 1. The van der Waals surface area contributed by atoms with Crippen molar-refractivity contribution in [3.63, 3.8) is 0 Å². The third-order valence-electron chi connectivity index (χ3n) is 14.2. The minimum Gasteiger partial charge on any atom is -0.481 e. The Kier molecular flexibility index (Phi) is 30.0. The molecule has 0 spiro atoms. The maximum atomic E-state index is 12.0. The predicted octanol–water partition coefficient (Wildman–Crippen LogP) is 13.1. The molecule has 97 heavy (non-hydrogen) atoms. The number of carbonyl (C=O) groups excluding carboxylic acids is 4. The van der Waals surface area contributed by atoms with Gasteiger partial charge in [-0.2, -0.15) is 13.2 Å². The van der Waals surface area contributed by atoms with Gasteiger partial charge in [0.2, 0.25) is 0 Å². The minimum absolute atomic E-state index is 0.0310. The number of methoxy groups -OCH3 is 1. The number of hydrogen-bond acceptors (Lipinski definition) is 16. The van der Waals surface area contributed by atoms with E-state index in [2.05, 4.69) is 57.1 Å². The second-order valence-electron chi connectivity index (χ2n) is 23.4. The lowest BCUT2D eigenvalue weighted by Gasteiger charge is -2.19. The van der Waals surface area contributed by atoms with Gasteiger partial charge in [0.25, 0.3) is 0 Å². The highest BCUT2D eigenvalue weighted by Gasteiger charge is 2.45. The number of allylic oxidation sites excluding steroid dienone is 4. The largest absolute Gasteiger partial charge is 0.481 e. The molecule has 506 valence electrons. The summed E-state index contributed by atoms with van der Waals surface area (Å²) in [5, 5.41) is 13.5. The SMILES string of the molecule is CC(C)(C)OC(=O)NC1CC1/C=C/c1cccnc1.COC(=O)C1CC1/C=C/c1cccnc1.Cc1ccc(S(=O)(=O)CN=C/C=C/c2cccnc2)cc1.O=C(NC1CC1/C=C/c1cccnc1)C(F)(F)F.O=C(O)C1CC1/C=C/c1cccnc1.O=C/C=C/c1cccnc1. The lowest BCUT2D eigenvalue weighted by Crippen LogP contribution is -2.38. The van der Waals surface area contributed by atoms with Gasteiger partial charge in [0.15, 0.2) is 9.84 Å².